The summed E-state index contributed by atoms with van der Waals surface area (Å²) in [5.41, 5.74) is 2.19. The fraction of sp³-hybridized carbons (Fsp3) is 0.333. The van der Waals surface area contributed by atoms with E-state index < -0.39 is 0 Å². The lowest BCUT2D eigenvalue weighted by Crippen LogP contribution is -2.42. The first-order valence-corrected chi connectivity index (χ1v) is 7.38. The predicted octanol–water partition coefficient (Wildman–Crippen LogP) is 1.64. The van der Waals surface area contributed by atoms with Crippen LogP contribution in [0.2, 0.25) is 0 Å². The molecule has 1 heterocycles. The second-order valence-electron chi connectivity index (χ2n) is 4.69. The molecular weight excluding hydrogens is 336 g/mol. The van der Waals surface area contributed by atoms with Gasteiger partial charge in [-0.15, -0.1) is 0 Å². The van der Waals surface area contributed by atoms with E-state index in [4.69, 9.17) is 4.74 Å². The van der Waals surface area contributed by atoms with Gasteiger partial charge in [-0.05, 0) is 30.2 Å². The molecule has 0 unspecified atom stereocenters. The number of halogens is 1. The Kier molecular flexibility index (Phi) is 5.01. The summed E-state index contributed by atoms with van der Waals surface area (Å²) < 4.78 is 6.40. The molecule has 0 aliphatic carbocycles. The third-order valence-corrected chi connectivity index (χ3v) is 4.23. The Morgan fingerprint density at radius 2 is 2.24 bits per heavy atom. The van der Waals surface area contributed by atoms with Gasteiger partial charge in [0, 0.05) is 23.1 Å². The summed E-state index contributed by atoms with van der Waals surface area (Å²) in [5, 5.41) is 2.50. The van der Waals surface area contributed by atoms with Crippen LogP contribution in [0.25, 0.3) is 0 Å². The van der Waals surface area contributed by atoms with Crippen molar-refractivity contribution in [2.24, 2.45) is 0 Å². The molecule has 0 spiro atoms. The van der Waals surface area contributed by atoms with E-state index in [1.807, 2.05) is 12.1 Å². The molecule has 6 heteroatoms. The summed E-state index contributed by atoms with van der Waals surface area (Å²) in [6, 6.07) is 3.84. The lowest BCUT2D eigenvalue weighted by molar-refractivity contribution is -0.132. The monoisotopic (exact) mass is 352 g/mol. The van der Waals surface area contributed by atoms with Crippen LogP contribution in [0.5, 0.6) is 5.75 Å². The van der Waals surface area contributed by atoms with Gasteiger partial charge in [-0.2, -0.15) is 0 Å². The van der Waals surface area contributed by atoms with Crippen molar-refractivity contribution in [1.29, 1.82) is 0 Å². The van der Waals surface area contributed by atoms with Crippen molar-refractivity contribution < 1.29 is 14.3 Å². The Balaban J connectivity index is 2.11. The van der Waals surface area contributed by atoms with Crippen LogP contribution in [0.15, 0.2) is 29.3 Å². The number of nitrogens with one attached hydrogen (secondary N) is 1. The quantitative estimate of drug-likeness (QED) is 0.838. The molecule has 2 rings (SSSR count). The average Bonchev–Trinajstić information content (AvgIpc) is 2.52. The van der Waals surface area contributed by atoms with E-state index in [1.165, 1.54) is 5.56 Å². The smallest absolute Gasteiger partial charge is 0.243 e. The minimum Gasteiger partial charge on any atom is -0.496 e. The van der Waals surface area contributed by atoms with Gasteiger partial charge < -0.3 is 15.0 Å². The molecule has 2 amide bonds. The number of benzene rings is 1. The summed E-state index contributed by atoms with van der Waals surface area (Å²) >= 11 is 3.53. The maximum Gasteiger partial charge on any atom is 0.243 e. The van der Waals surface area contributed by atoms with E-state index in [-0.39, 0.29) is 18.4 Å². The Morgan fingerprint density at radius 1 is 1.48 bits per heavy atom. The zero-order chi connectivity index (χ0) is 15.4. The summed E-state index contributed by atoms with van der Waals surface area (Å²) in [4.78, 5) is 25.0. The average molecular weight is 353 g/mol. The molecule has 0 fully saturated rings. The zero-order valence-electron chi connectivity index (χ0n) is 11.8. The van der Waals surface area contributed by atoms with Crippen molar-refractivity contribution in [3.63, 3.8) is 0 Å². The highest BCUT2D eigenvalue weighted by atomic mass is 79.9. The Labute approximate surface area is 132 Å². The molecule has 0 saturated carbocycles. The van der Waals surface area contributed by atoms with Crippen LogP contribution in [0.3, 0.4) is 0 Å². The van der Waals surface area contributed by atoms with Crippen LogP contribution in [-0.4, -0.2) is 36.9 Å². The highest BCUT2D eigenvalue weighted by molar-refractivity contribution is 9.10. The van der Waals surface area contributed by atoms with Gasteiger partial charge in [0.15, 0.2) is 0 Å². The van der Waals surface area contributed by atoms with Crippen LogP contribution in [0.1, 0.15) is 11.1 Å². The summed E-state index contributed by atoms with van der Waals surface area (Å²) in [6.45, 7) is 4.45. The molecule has 0 atom stereocenters. The van der Waals surface area contributed by atoms with E-state index in [0.29, 0.717) is 13.1 Å². The summed E-state index contributed by atoms with van der Waals surface area (Å²) in [7, 11) is 1.62. The normalized spacial score (nSPS) is 13.3. The van der Waals surface area contributed by atoms with Crippen molar-refractivity contribution >= 4 is 27.7 Å². The Bertz CT molecular complexity index is 587. The third-order valence-electron chi connectivity index (χ3n) is 3.48. The molecular formula is C15H17BrN2O3. The first-order valence-electron chi connectivity index (χ1n) is 6.59. The van der Waals surface area contributed by atoms with E-state index in [1.54, 1.807) is 12.0 Å². The van der Waals surface area contributed by atoms with Crippen LogP contribution in [-0.2, 0) is 22.6 Å². The second kappa shape index (κ2) is 6.76. The number of nitrogens with zero attached hydrogens (tertiary/aromatic N) is 1. The van der Waals surface area contributed by atoms with Gasteiger partial charge >= 0.3 is 0 Å². The fourth-order valence-corrected chi connectivity index (χ4v) is 2.92. The van der Waals surface area contributed by atoms with Crippen molar-refractivity contribution in [3.8, 4) is 5.75 Å². The molecule has 112 valence electrons. The van der Waals surface area contributed by atoms with Gasteiger partial charge in [-0.1, -0.05) is 22.5 Å². The molecule has 21 heavy (non-hydrogen) atoms. The minimum atomic E-state index is -0.346. The SMILES string of the molecule is C=CC(=O)NCC(=O)N1CCc2c(Br)ccc(OC)c2C1. The zero-order valence-corrected chi connectivity index (χ0v) is 13.4. The summed E-state index contributed by atoms with van der Waals surface area (Å²) in [6.07, 6.45) is 1.91. The Hall–Kier alpha value is -1.82. The van der Waals surface area contributed by atoms with Crippen LogP contribution < -0.4 is 10.1 Å². The van der Waals surface area contributed by atoms with Crippen LogP contribution >= 0.6 is 15.9 Å². The number of carbonyl (C=O) groups is 2. The molecule has 0 aromatic heterocycles. The van der Waals surface area contributed by atoms with Gasteiger partial charge in [0.05, 0.1) is 13.7 Å². The number of rotatable bonds is 4. The standard InChI is InChI=1S/C15H17BrN2O3/c1-3-14(19)17-8-15(20)18-7-6-10-11(9-18)13(21-2)5-4-12(10)16/h3-5H,1,6-9H2,2H3,(H,17,19). The molecule has 0 bridgehead atoms. The third kappa shape index (κ3) is 3.44. The van der Waals surface area contributed by atoms with E-state index in [9.17, 15) is 9.59 Å². The van der Waals surface area contributed by atoms with Gasteiger partial charge in [0.1, 0.15) is 5.75 Å². The van der Waals surface area contributed by atoms with E-state index in [0.717, 1.165) is 28.3 Å². The maximum atomic E-state index is 12.1. The fourth-order valence-electron chi connectivity index (χ4n) is 2.35. The molecule has 1 aromatic rings. The summed E-state index contributed by atoms with van der Waals surface area (Å²) in [5.74, 6) is 0.319. The first kappa shape index (κ1) is 15.6. The molecule has 0 saturated heterocycles. The lowest BCUT2D eigenvalue weighted by Gasteiger charge is -2.30. The van der Waals surface area contributed by atoms with E-state index in [2.05, 4.69) is 27.8 Å². The lowest BCUT2D eigenvalue weighted by atomic mass is 9.98. The minimum absolute atomic E-state index is 0.0174. The van der Waals surface area contributed by atoms with Gasteiger partial charge in [-0.3, -0.25) is 9.59 Å². The highest BCUT2D eigenvalue weighted by Crippen LogP contribution is 2.33. The largest absolute Gasteiger partial charge is 0.496 e. The van der Waals surface area contributed by atoms with Crippen LogP contribution in [0, 0.1) is 0 Å². The predicted molar refractivity (Wildman–Crippen MR) is 83.0 cm³/mol. The highest BCUT2D eigenvalue weighted by Gasteiger charge is 2.24. The number of amides is 2. The van der Waals surface area contributed by atoms with Crippen molar-refractivity contribution in [3.05, 3.63) is 40.4 Å². The number of hydrogen-bond acceptors (Lipinski definition) is 3. The number of carbonyl (C=O) groups excluding carboxylic acids is 2. The first-order chi connectivity index (χ1) is 10.1. The van der Waals surface area contributed by atoms with E-state index >= 15 is 0 Å². The molecule has 1 aliphatic rings. The number of methoxy groups -OCH3 is 1. The molecule has 1 aromatic carbocycles. The van der Waals surface area contributed by atoms with Gasteiger partial charge in [0.25, 0.3) is 0 Å². The molecule has 5 nitrogen and oxygen atoms in total. The number of fused-ring (bicyclic) bond motifs is 1. The molecule has 1 aliphatic heterocycles. The van der Waals surface area contributed by atoms with Crippen molar-refractivity contribution in [2.75, 3.05) is 20.2 Å². The van der Waals surface area contributed by atoms with Crippen LogP contribution in [0.4, 0.5) is 0 Å². The van der Waals surface area contributed by atoms with Gasteiger partial charge in [0.2, 0.25) is 11.8 Å². The van der Waals surface area contributed by atoms with Crippen molar-refractivity contribution in [2.45, 2.75) is 13.0 Å². The number of ether oxygens (including phenoxy) is 1. The topological polar surface area (TPSA) is 58.6 Å². The van der Waals surface area contributed by atoms with Gasteiger partial charge in [-0.25, -0.2) is 0 Å². The number of hydrogen-bond donors (Lipinski definition) is 1. The maximum absolute atomic E-state index is 12.1. The molecule has 0 radical (unpaired) electrons. The molecule has 1 N–H and O–H groups in total. The Morgan fingerprint density at radius 3 is 2.90 bits per heavy atom. The second-order valence-corrected chi connectivity index (χ2v) is 5.55. The van der Waals surface area contributed by atoms with Crippen molar-refractivity contribution in [1.82, 2.24) is 10.2 Å².